The standard InChI is InChI=1S/C46H68N20O4/c1-7-25-19-49-65(57-25)33-17-31(37(67)39(33)69)63-23-47-35-41(53-45(55-43(35)63)61-15-13-29(21-61)59(3)4)51-27-9-11-28(12-10-27)52-42-36-44(56-46(54-42)62-16-14-30(22-62)60(5)6)64(24-48-36)32-18-34(40(70)38(32)68)66-50-20-26(8-2)58-66/h19-20,23-24,27-34,37-40,67-70H,7-18,21-22H2,1-6H3,(H,51,53,55)(H,52,54,56)/t27?,28?,29-,30-,31-,32-,33+,34+,37+,38+,39-,40-/m1/s1. The SMILES string of the molecule is CCc1cnn([C@H]2C[C@@H](n3cnc4c(NC5CCC(Nc6nc(N7CC[C@@H](N(C)C)C7)nc7c6ncn7[C@@H]6C[C@H](n7ncc(CC)n7)[C@@H](O)[C@H]6O)CC5)nc(N5CC[C@@H](N(C)C)C5)nc43)[C@H](O)[C@@H]2O)n1. The first-order valence-corrected chi connectivity index (χ1v) is 25.2. The van der Waals surface area contributed by atoms with Crippen molar-refractivity contribution in [2.75, 3.05) is 74.8 Å². The van der Waals surface area contributed by atoms with E-state index >= 15 is 0 Å². The van der Waals surface area contributed by atoms with Crippen molar-refractivity contribution in [3.63, 3.8) is 0 Å². The molecule has 24 nitrogen and oxygen atoms in total. The summed E-state index contributed by atoms with van der Waals surface area (Å²) in [4.78, 5) is 42.3. The lowest BCUT2D eigenvalue weighted by atomic mass is 9.91. The number of nitrogens with zero attached hydrogens (tertiary/aromatic N) is 18. The molecular formula is C46H68N20O4. The second kappa shape index (κ2) is 18.8. The predicted octanol–water partition coefficient (Wildman–Crippen LogP) is 1.21. The van der Waals surface area contributed by atoms with E-state index in [1.54, 1.807) is 25.0 Å². The molecule has 8 heterocycles. The van der Waals surface area contributed by atoms with Crippen molar-refractivity contribution >= 4 is 45.9 Å². The van der Waals surface area contributed by atoms with E-state index in [-0.39, 0.29) is 12.1 Å². The van der Waals surface area contributed by atoms with Crippen LogP contribution in [0.4, 0.5) is 23.5 Å². The first-order valence-electron chi connectivity index (χ1n) is 25.2. The molecule has 3 saturated carbocycles. The molecule has 0 bridgehead atoms. The van der Waals surface area contributed by atoms with E-state index in [0.717, 1.165) is 88.9 Å². The third kappa shape index (κ3) is 8.48. The number of aliphatic hydroxyl groups excluding tert-OH is 4. The van der Waals surface area contributed by atoms with Crippen molar-refractivity contribution in [2.24, 2.45) is 0 Å². The van der Waals surface area contributed by atoms with E-state index < -0.39 is 48.6 Å². The summed E-state index contributed by atoms with van der Waals surface area (Å²) in [5.74, 6) is 2.52. The van der Waals surface area contributed by atoms with Crippen molar-refractivity contribution in [3.8, 4) is 0 Å². The maximum absolute atomic E-state index is 11.5. The Hall–Kier alpha value is -5.66. The Morgan fingerprint density at radius 3 is 1.31 bits per heavy atom. The second-order valence-electron chi connectivity index (χ2n) is 20.7. The van der Waals surface area contributed by atoms with Gasteiger partial charge in [0.05, 0.1) is 48.5 Å². The molecule has 0 spiro atoms. The summed E-state index contributed by atoms with van der Waals surface area (Å²) >= 11 is 0. The van der Waals surface area contributed by atoms with E-state index in [2.05, 4.69) is 78.8 Å². The van der Waals surface area contributed by atoms with Crippen LogP contribution in [0.5, 0.6) is 0 Å². The van der Waals surface area contributed by atoms with Gasteiger partial charge in [-0.25, -0.2) is 9.97 Å². The zero-order chi connectivity index (χ0) is 48.5. The van der Waals surface area contributed by atoms with Gasteiger partial charge in [-0.3, -0.25) is 0 Å². The summed E-state index contributed by atoms with van der Waals surface area (Å²) in [6.45, 7) is 7.22. The van der Waals surface area contributed by atoms with E-state index in [1.165, 1.54) is 9.59 Å². The minimum atomic E-state index is -1.08. The second-order valence-corrected chi connectivity index (χ2v) is 20.7. The van der Waals surface area contributed by atoms with Gasteiger partial charge in [0, 0.05) is 50.3 Å². The molecule has 10 atom stereocenters. The summed E-state index contributed by atoms with van der Waals surface area (Å²) in [5, 5.41) is 71.2. The minimum Gasteiger partial charge on any atom is -0.388 e. The van der Waals surface area contributed by atoms with E-state index in [0.29, 0.717) is 70.8 Å². The Kier molecular flexibility index (Phi) is 12.6. The molecule has 5 aliphatic rings. The first-order chi connectivity index (χ1) is 33.8. The van der Waals surface area contributed by atoms with Crippen LogP contribution < -0.4 is 20.4 Å². The first kappa shape index (κ1) is 46.7. The maximum Gasteiger partial charge on any atom is 0.229 e. The van der Waals surface area contributed by atoms with Crippen molar-refractivity contribution in [2.45, 2.75) is 151 Å². The fourth-order valence-corrected chi connectivity index (χ4v) is 11.5. The highest BCUT2D eigenvalue weighted by atomic mass is 16.3. The highest BCUT2D eigenvalue weighted by molar-refractivity contribution is 5.86. The average Bonchev–Trinajstić information content (AvgIpc) is 4.22. The number of imidazole rings is 2. The van der Waals surface area contributed by atoms with Crippen LogP contribution in [0.2, 0.25) is 0 Å². The molecule has 0 unspecified atom stereocenters. The molecule has 0 radical (unpaired) electrons. The Labute approximate surface area is 406 Å². The normalized spacial score (nSPS) is 30.6. The number of nitrogens with one attached hydrogen (secondary N) is 2. The summed E-state index contributed by atoms with van der Waals surface area (Å²) in [7, 11) is 8.41. The van der Waals surface area contributed by atoms with Crippen LogP contribution in [-0.2, 0) is 12.8 Å². The van der Waals surface area contributed by atoms with Crippen molar-refractivity contribution in [3.05, 3.63) is 36.4 Å². The summed E-state index contributed by atoms with van der Waals surface area (Å²) < 4.78 is 3.80. The van der Waals surface area contributed by atoms with Gasteiger partial charge in [-0.15, -0.1) is 0 Å². The summed E-state index contributed by atoms with van der Waals surface area (Å²) in [5.41, 5.74) is 4.10. The van der Waals surface area contributed by atoms with Gasteiger partial charge in [-0.1, -0.05) is 13.8 Å². The van der Waals surface area contributed by atoms with Crippen LogP contribution in [0.3, 0.4) is 0 Å². The van der Waals surface area contributed by atoms with Crippen molar-refractivity contribution < 1.29 is 20.4 Å². The van der Waals surface area contributed by atoms with Crippen molar-refractivity contribution in [1.29, 1.82) is 0 Å². The molecule has 5 fully saturated rings. The van der Waals surface area contributed by atoms with E-state index in [9.17, 15) is 20.4 Å². The number of hydrogen-bond donors (Lipinski definition) is 6. The van der Waals surface area contributed by atoms with Gasteiger partial charge in [0.2, 0.25) is 11.9 Å². The molecule has 2 aliphatic heterocycles. The molecule has 6 aromatic rings. The highest BCUT2D eigenvalue weighted by Gasteiger charge is 2.47. The lowest BCUT2D eigenvalue weighted by Crippen LogP contribution is -2.34. The largest absolute Gasteiger partial charge is 0.388 e. The Balaban J connectivity index is 0.843. The zero-order valence-electron chi connectivity index (χ0n) is 41.0. The van der Waals surface area contributed by atoms with Crippen LogP contribution in [-0.4, -0.2) is 202 Å². The molecule has 11 rings (SSSR count). The van der Waals surface area contributed by atoms with Gasteiger partial charge >= 0.3 is 0 Å². The van der Waals surface area contributed by atoms with Crippen LogP contribution in [0.1, 0.15) is 101 Å². The highest BCUT2D eigenvalue weighted by Crippen LogP contribution is 2.42. The number of aryl methyl sites for hydroxylation is 2. The molecule has 70 heavy (non-hydrogen) atoms. The lowest BCUT2D eigenvalue weighted by Gasteiger charge is -2.31. The topological polar surface area (TPSA) is 267 Å². The Morgan fingerprint density at radius 1 is 0.557 bits per heavy atom. The number of fused-ring (bicyclic) bond motifs is 2. The predicted molar refractivity (Wildman–Crippen MR) is 261 cm³/mol. The fraction of sp³-hybridized carbons (Fsp3) is 0.696. The number of aliphatic hydroxyl groups is 4. The van der Waals surface area contributed by atoms with E-state index in [4.69, 9.17) is 29.9 Å². The van der Waals surface area contributed by atoms with Gasteiger partial charge < -0.3 is 59.8 Å². The van der Waals surface area contributed by atoms with Crippen LogP contribution in [0, 0.1) is 0 Å². The molecule has 6 N–H and O–H groups in total. The monoisotopic (exact) mass is 965 g/mol. The van der Waals surface area contributed by atoms with Crippen LogP contribution in [0.25, 0.3) is 22.3 Å². The average molecular weight is 965 g/mol. The summed E-state index contributed by atoms with van der Waals surface area (Å²) in [6, 6.07) is -1.10. The molecule has 6 aromatic heterocycles. The number of aromatic nitrogens is 14. The minimum absolute atomic E-state index is 0.0952. The molecule has 2 saturated heterocycles. The number of likely N-dealkylation sites (N-methyl/N-ethyl adjacent to an activating group) is 2. The number of rotatable bonds is 14. The van der Waals surface area contributed by atoms with Gasteiger partial charge in [0.1, 0.15) is 36.5 Å². The Bertz CT molecular complexity index is 2590. The van der Waals surface area contributed by atoms with Gasteiger partial charge in [-0.2, -0.15) is 49.9 Å². The molecule has 0 amide bonds. The lowest BCUT2D eigenvalue weighted by molar-refractivity contribution is 0.00497. The smallest absolute Gasteiger partial charge is 0.229 e. The molecule has 376 valence electrons. The summed E-state index contributed by atoms with van der Waals surface area (Å²) in [6.07, 6.45) is 10.2. The van der Waals surface area contributed by atoms with Crippen molar-refractivity contribution in [1.82, 2.24) is 78.8 Å². The quantitative estimate of drug-likeness (QED) is 0.0896. The third-order valence-corrected chi connectivity index (χ3v) is 16.0. The zero-order valence-corrected chi connectivity index (χ0v) is 41.0. The van der Waals surface area contributed by atoms with Gasteiger partial charge in [-0.05, 0) is 92.4 Å². The van der Waals surface area contributed by atoms with Crippen LogP contribution in [0.15, 0.2) is 25.0 Å². The molecule has 3 aliphatic carbocycles. The van der Waals surface area contributed by atoms with E-state index in [1.807, 2.05) is 23.0 Å². The third-order valence-electron chi connectivity index (χ3n) is 16.0. The Morgan fingerprint density at radius 2 is 0.957 bits per heavy atom. The molecular weight excluding hydrogens is 897 g/mol. The number of anilines is 4. The molecule has 0 aromatic carbocycles. The fourth-order valence-electron chi connectivity index (χ4n) is 11.5. The van der Waals surface area contributed by atoms with Gasteiger partial charge in [0.15, 0.2) is 34.0 Å². The maximum atomic E-state index is 11.5. The van der Waals surface area contributed by atoms with Gasteiger partial charge in [0.25, 0.3) is 0 Å². The number of hydrogen-bond acceptors (Lipinski definition) is 20. The molecule has 24 heteroatoms. The van der Waals surface area contributed by atoms with Crippen LogP contribution >= 0.6 is 0 Å².